The van der Waals surface area contributed by atoms with Crippen molar-refractivity contribution in [3.8, 4) is 11.3 Å². The molecular weight excluding hydrogens is 280 g/mol. The predicted molar refractivity (Wildman–Crippen MR) is 97.8 cm³/mol. The van der Waals surface area contributed by atoms with Crippen molar-refractivity contribution in [2.75, 3.05) is 0 Å². The lowest BCUT2D eigenvalue weighted by Gasteiger charge is -2.22. The van der Waals surface area contributed by atoms with Crippen molar-refractivity contribution in [1.82, 2.24) is 9.97 Å². The highest BCUT2D eigenvalue weighted by Crippen LogP contribution is 2.34. The van der Waals surface area contributed by atoms with E-state index in [1.165, 1.54) is 16.3 Å². The van der Waals surface area contributed by atoms with Gasteiger partial charge in [-0.1, -0.05) is 58.9 Å². The van der Waals surface area contributed by atoms with Gasteiger partial charge in [-0.3, -0.25) is 0 Å². The molecule has 0 saturated carbocycles. The first-order valence-corrected chi connectivity index (χ1v) is 8.22. The smallest absolute Gasteiger partial charge is 0.116 e. The summed E-state index contributed by atoms with van der Waals surface area (Å²) in [6.45, 7) is 11.1. The van der Waals surface area contributed by atoms with Gasteiger partial charge >= 0.3 is 0 Å². The second-order valence-corrected chi connectivity index (χ2v) is 7.48. The van der Waals surface area contributed by atoms with Crippen LogP contribution in [0.4, 0.5) is 0 Å². The predicted octanol–water partition coefficient (Wildman–Crippen LogP) is 5.72. The molecule has 0 spiro atoms. The van der Waals surface area contributed by atoms with E-state index in [1.54, 1.807) is 6.33 Å². The third-order valence-electron chi connectivity index (χ3n) is 4.25. The largest absolute Gasteiger partial charge is 0.241 e. The van der Waals surface area contributed by atoms with Crippen LogP contribution in [0, 0.1) is 0 Å². The highest BCUT2D eigenvalue weighted by atomic mass is 14.8. The topological polar surface area (TPSA) is 25.8 Å². The Morgan fingerprint density at radius 3 is 2.35 bits per heavy atom. The Morgan fingerprint density at radius 2 is 1.65 bits per heavy atom. The molecule has 118 valence electrons. The van der Waals surface area contributed by atoms with Gasteiger partial charge in [-0.15, -0.1) is 0 Å². The summed E-state index contributed by atoms with van der Waals surface area (Å²) in [4.78, 5) is 8.90. The molecule has 0 radical (unpaired) electrons. The van der Waals surface area contributed by atoms with E-state index in [2.05, 4.69) is 87.1 Å². The van der Waals surface area contributed by atoms with E-state index in [1.807, 2.05) is 0 Å². The zero-order valence-electron chi connectivity index (χ0n) is 14.6. The van der Waals surface area contributed by atoms with Crippen LogP contribution in [0.3, 0.4) is 0 Å². The second kappa shape index (κ2) is 5.77. The molecule has 23 heavy (non-hydrogen) atoms. The van der Waals surface area contributed by atoms with Crippen LogP contribution in [-0.2, 0) is 5.41 Å². The molecule has 0 aliphatic heterocycles. The molecule has 3 aromatic rings. The SMILES string of the molecule is CC(C)c1cc(-c2cc(C(C)(C)C)c3ccccc3c2)ncn1. The Balaban J connectivity index is 2.25. The standard InChI is InChI=1S/C21H24N2/c1-14(2)19-12-20(23-13-22-19)16-10-15-8-6-7-9-17(15)18(11-16)21(3,4)5/h6-14H,1-5H3. The van der Waals surface area contributed by atoms with Gasteiger partial charge in [0.25, 0.3) is 0 Å². The Labute approximate surface area is 138 Å². The molecule has 3 rings (SSSR count). The van der Waals surface area contributed by atoms with Crippen LogP contribution in [0.15, 0.2) is 48.8 Å². The molecule has 1 aromatic heterocycles. The van der Waals surface area contributed by atoms with E-state index < -0.39 is 0 Å². The van der Waals surface area contributed by atoms with Gasteiger partial charge in [-0.05, 0) is 45.9 Å². The fraction of sp³-hybridized carbons (Fsp3) is 0.333. The van der Waals surface area contributed by atoms with E-state index in [4.69, 9.17) is 0 Å². The van der Waals surface area contributed by atoms with Crippen molar-refractivity contribution in [1.29, 1.82) is 0 Å². The Kier molecular flexibility index (Phi) is 3.93. The first kappa shape index (κ1) is 15.7. The Bertz CT molecular complexity index is 842. The van der Waals surface area contributed by atoms with Crippen LogP contribution >= 0.6 is 0 Å². The summed E-state index contributed by atoms with van der Waals surface area (Å²) in [5, 5.41) is 2.58. The summed E-state index contributed by atoms with van der Waals surface area (Å²) in [5.41, 5.74) is 4.69. The molecule has 2 heteroatoms. The fourth-order valence-electron chi connectivity index (χ4n) is 2.92. The zero-order valence-corrected chi connectivity index (χ0v) is 14.6. The Morgan fingerprint density at radius 1 is 0.913 bits per heavy atom. The van der Waals surface area contributed by atoms with E-state index in [-0.39, 0.29) is 5.41 Å². The molecule has 0 saturated heterocycles. The minimum absolute atomic E-state index is 0.0868. The van der Waals surface area contributed by atoms with Crippen molar-refractivity contribution in [3.63, 3.8) is 0 Å². The maximum atomic E-state index is 4.51. The van der Waals surface area contributed by atoms with Gasteiger partial charge < -0.3 is 0 Å². The lowest BCUT2D eigenvalue weighted by molar-refractivity contribution is 0.596. The van der Waals surface area contributed by atoms with Crippen LogP contribution in [0.1, 0.15) is 51.8 Å². The summed E-state index contributed by atoms with van der Waals surface area (Å²) in [6, 6.07) is 15.2. The van der Waals surface area contributed by atoms with Gasteiger partial charge in [0.2, 0.25) is 0 Å². The van der Waals surface area contributed by atoms with Gasteiger partial charge in [-0.25, -0.2) is 9.97 Å². The van der Waals surface area contributed by atoms with Crippen molar-refractivity contribution in [3.05, 3.63) is 60.0 Å². The molecule has 2 nitrogen and oxygen atoms in total. The minimum Gasteiger partial charge on any atom is -0.241 e. The number of fused-ring (bicyclic) bond motifs is 1. The first-order chi connectivity index (χ1) is 10.9. The highest BCUT2D eigenvalue weighted by Gasteiger charge is 2.18. The molecule has 0 amide bonds. The molecule has 0 unspecified atom stereocenters. The summed E-state index contributed by atoms with van der Waals surface area (Å²) < 4.78 is 0. The second-order valence-electron chi connectivity index (χ2n) is 7.48. The summed E-state index contributed by atoms with van der Waals surface area (Å²) in [5.74, 6) is 0.402. The maximum absolute atomic E-state index is 4.51. The zero-order chi connectivity index (χ0) is 16.6. The number of rotatable bonds is 2. The van der Waals surface area contributed by atoms with Gasteiger partial charge in [0, 0.05) is 11.3 Å². The van der Waals surface area contributed by atoms with E-state index in [0.29, 0.717) is 5.92 Å². The first-order valence-electron chi connectivity index (χ1n) is 8.22. The third kappa shape index (κ3) is 3.12. The molecule has 0 N–H and O–H groups in total. The molecule has 0 fully saturated rings. The number of aromatic nitrogens is 2. The van der Waals surface area contributed by atoms with Crippen molar-refractivity contribution < 1.29 is 0 Å². The van der Waals surface area contributed by atoms with Gasteiger partial charge in [0.15, 0.2) is 0 Å². The Hall–Kier alpha value is -2.22. The number of hydrogen-bond acceptors (Lipinski definition) is 2. The van der Waals surface area contributed by atoms with E-state index in [0.717, 1.165) is 17.0 Å². The summed E-state index contributed by atoms with van der Waals surface area (Å²) >= 11 is 0. The molecule has 0 atom stereocenters. The normalized spacial score (nSPS) is 12.1. The van der Waals surface area contributed by atoms with Gasteiger partial charge in [0.05, 0.1) is 5.69 Å². The van der Waals surface area contributed by atoms with Crippen molar-refractivity contribution >= 4 is 10.8 Å². The third-order valence-corrected chi connectivity index (χ3v) is 4.25. The number of benzene rings is 2. The molecular formula is C21H24N2. The molecule has 2 aromatic carbocycles. The molecule has 1 heterocycles. The van der Waals surface area contributed by atoms with Gasteiger partial charge in [-0.2, -0.15) is 0 Å². The van der Waals surface area contributed by atoms with Crippen LogP contribution in [-0.4, -0.2) is 9.97 Å². The quantitative estimate of drug-likeness (QED) is 0.605. The van der Waals surface area contributed by atoms with Crippen molar-refractivity contribution in [2.24, 2.45) is 0 Å². The fourth-order valence-corrected chi connectivity index (χ4v) is 2.92. The van der Waals surface area contributed by atoms with Crippen LogP contribution < -0.4 is 0 Å². The monoisotopic (exact) mass is 304 g/mol. The summed E-state index contributed by atoms with van der Waals surface area (Å²) in [6.07, 6.45) is 1.68. The molecule has 0 aliphatic carbocycles. The maximum Gasteiger partial charge on any atom is 0.116 e. The van der Waals surface area contributed by atoms with E-state index in [9.17, 15) is 0 Å². The molecule has 0 aliphatic rings. The van der Waals surface area contributed by atoms with Crippen LogP contribution in [0.2, 0.25) is 0 Å². The average Bonchev–Trinajstić information content (AvgIpc) is 2.53. The average molecular weight is 304 g/mol. The minimum atomic E-state index is 0.0868. The molecule has 0 bridgehead atoms. The van der Waals surface area contributed by atoms with E-state index >= 15 is 0 Å². The lowest BCUT2D eigenvalue weighted by atomic mass is 9.82. The summed E-state index contributed by atoms with van der Waals surface area (Å²) in [7, 11) is 0. The highest BCUT2D eigenvalue weighted by molar-refractivity contribution is 5.90. The number of nitrogens with zero attached hydrogens (tertiary/aromatic N) is 2. The number of hydrogen-bond donors (Lipinski definition) is 0. The van der Waals surface area contributed by atoms with Gasteiger partial charge in [0.1, 0.15) is 6.33 Å². The van der Waals surface area contributed by atoms with Crippen molar-refractivity contribution in [2.45, 2.75) is 46.0 Å². The lowest BCUT2D eigenvalue weighted by Crippen LogP contribution is -2.12. The van der Waals surface area contributed by atoms with Crippen LogP contribution in [0.5, 0.6) is 0 Å². The van der Waals surface area contributed by atoms with Crippen LogP contribution in [0.25, 0.3) is 22.0 Å².